The molecular formula is C14H11F2N4O+. The number of amides is 1. The van der Waals surface area contributed by atoms with Crippen molar-refractivity contribution >= 4 is 5.91 Å². The Morgan fingerprint density at radius 1 is 1.19 bits per heavy atom. The molecule has 7 heteroatoms. The Hall–Kier alpha value is -2.70. The van der Waals surface area contributed by atoms with Gasteiger partial charge in [0.1, 0.15) is 17.8 Å². The van der Waals surface area contributed by atoms with Gasteiger partial charge in [-0.25, -0.2) is 8.78 Å². The van der Waals surface area contributed by atoms with Crippen LogP contribution in [0.4, 0.5) is 8.78 Å². The minimum Gasteiger partial charge on any atom is -0.293 e. The van der Waals surface area contributed by atoms with Crippen molar-refractivity contribution in [3.8, 4) is 11.1 Å². The van der Waals surface area contributed by atoms with E-state index in [-0.39, 0.29) is 5.91 Å². The number of halogens is 2. The van der Waals surface area contributed by atoms with E-state index in [1.807, 2.05) is 0 Å². The number of pyridine rings is 1. The highest BCUT2D eigenvalue weighted by atomic mass is 19.1. The van der Waals surface area contributed by atoms with E-state index in [1.54, 1.807) is 18.3 Å². The second kappa shape index (κ2) is 5.01. The van der Waals surface area contributed by atoms with Crippen LogP contribution >= 0.6 is 0 Å². The summed E-state index contributed by atoms with van der Waals surface area (Å²) in [4.78, 5) is 15.2. The first-order chi connectivity index (χ1) is 10.0. The molecular weight excluding hydrogens is 278 g/mol. The topological polar surface area (TPSA) is 59.7 Å². The number of carbonyl (C=O) groups excluding carboxylic acids is 1. The van der Waals surface area contributed by atoms with Crippen molar-refractivity contribution in [2.24, 2.45) is 10.1 Å². The van der Waals surface area contributed by atoms with Crippen LogP contribution in [0.5, 0.6) is 0 Å². The van der Waals surface area contributed by atoms with E-state index in [2.05, 4.69) is 15.4 Å². The lowest BCUT2D eigenvalue weighted by molar-refractivity contribution is -0.559. The molecule has 2 heterocycles. The summed E-state index contributed by atoms with van der Waals surface area (Å²) in [7, 11) is 0. The number of aromatic nitrogens is 1. The van der Waals surface area contributed by atoms with E-state index >= 15 is 0 Å². The molecule has 0 saturated carbocycles. The maximum atomic E-state index is 13.3. The number of nitrogens with one attached hydrogen (secondary N) is 1. The minimum atomic E-state index is -0.679. The van der Waals surface area contributed by atoms with Crippen LogP contribution in [0.15, 0.2) is 46.6 Å². The molecule has 1 aromatic carbocycles. The molecule has 1 unspecified atom stereocenters. The fourth-order valence-electron chi connectivity index (χ4n) is 2.08. The highest BCUT2D eigenvalue weighted by molar-refractivity contribution is 5.73. The molecule has 0 spiro atoms. The third kappa shape index (κ3) is 2.76. The van der Waals surface area contributed by atoms with E-state index in [0.717, 1.165) is 6.07 Å². The van der Waals surface area contributed by atoms with Crippen molar-refractivity contribution in [2.45, 2.75) is 13.2 Å². The fourth-order valence-corrected chi connectivity index (χ4v) is 2.08. The van der Waals surface area contributed by atoms with Crippen LogP contribution < -0.4 is 15.2 Å². The average molecular weight is 289 g/mol. The van der Waals surface area contributed by atoms with Crippen molar-refractivity contribution in [2.75, 3.05) is 0 Å². The second-order valence-electron chi connectivity index (χ2n) is 4.60. The van der Waals surface area contributed by atoms with Crippen molar-refractivity contribution < 1.29 is 17.9 Å². The first-order valence-electron chi connectivity index (χ1n) is 6.22. The Labute approximate surface area is 118 Å². The van der Waals surface area contributed by atoms with Gasteiger partial charge in [-0.3, -0.25) is 10.1 Å². The largest absolute Gasteiger partial charge is 0.347 e. The maximum absolute atomic E-state index is 13.3. The Bertz CT molecular complexity index is 830. The highest BCUT2D eigenvalue weighted by Crippen LogP contribution is 2.19. The van der Waals surface area contributed by atoms with Crippen LogP contribution in [0.25, 0.3) is 11.1 Å². The van der Waals surface area contributed by atoms with Gasteiger partial charge in [-0.2, -0.15) is 0 Å². The zero-order chi connectivity index (χ0) is 15.0. The van der Waals surface area contributed by atoms with Crippen LogP contribution in [0.1, 0.15) is 6.92 Å². The molecule has 0 fully saturated rings. The van der Waals surface area contributed by atoms with E-state index in [9.17, 15) is 13.6 Å². The standard InChI is InChI=1S/C14H10F2N4O/c1-8(21)17-14-18-13-3-2-9(7-20(13)19-14)10-4-11(15)6-12(16)5-10/h2-7,14H,1H3/p+1. The number of benzene rings is 1. The van der Waals surface area contributed by atoms with Gasteiger partial charge in [-0.15, -0.1) is 0 Å². The molecule has 21 heavy (non-hydrogen) atoms. The predicted octanol–water partition coefficient (Wildman–Crippen LogP) is 1.00. The van der Waals surface area contributed by atoms with E-state index in [0.29, 0.717) is 16.6 Å². The highest BCUT2D eigenvalue weighted by Gasteiger charge is 2.20. The van der Waals surface area contributed by atoms with Gasteiger partial charge < -0.3 is 0 Å². The van der Waals surface area contributed by atoms with Crippen LogP contribution in [-0.2, 0) is 4.79 Å². The third-order valence-electron chi connectivity index (χ3n) is 2.92. The zero-order valence-corrected chi connectivity index (χ0v) is 11.0. The molecule has 0 aliphatic carbocycles. The smallest absolute Gasteiger partial charge is 0.293 e. The Kier molecular flexibility index (Phi) is 3.17. The van der Waals surface area contributed by atoms with Gasteiger partial charge in [0.25, 0.3) is 0 Å². The lowest BCUT2D eigenvalue weighted by Gasteiger charge is -1.99. The summed E-state index contributed by atoms with van der Waals surface area (Å²) in [6.07, 6.45) is 0.927. The van der Waals surface area contributed by atoms with Crippen LogP contribution in [0.3, 0.4) is 0 Å². The molecule has 106 valence electrons. The molecule has 2 aromatic rings. The number of fused-ring (bicyclic) bond motifs is 1. The first kappa shape index (κ1) is 13.3. The van der Waals surface area contributed by atoms with Gasteiger partial charge in [0.15, 0.2) is 0 Å². The second-order valence-corrected chi connectivity index (χ2v) is 4.60. The van der Waals surface area contributed by atoms with E-state index in [1.165, 1.54) is 23.4 Å². The number of hydrogen-bond acceptors (Lipinski definition) is 3. The molecule has 1 aromatic heterocycles. The molecule has 0 radical (unpaired) electrons. The zero-order valence-electron chi connectivity index (χ0n) is 11.0. The quantitative estimate of drug-likeness (QED) is 0.824. The molecule has 0 bridgehead atoms. The molecule has 0 saturated heterocycles. The summed E-state index contributed by atoms with van der Waals surface area (Å²) in [6.45, 7) is 1.37. The molecule has 1 aliphatic rings. The molecule has 1 atom stereocenters. The van der Waals surface area contributed by atoms with Crippen molar-refractivity contribution in [3.63, 3.8) is 0 Å². The molecule has 1 aliphatic heterocycles. The number of hydrogen-bond donors (Lipinski definition) is 1. The Morgan fingerprint density at radius 3 is 2.57 bits per heavy atom. The lowest BCUT2D eigenvalue weighted by Crippen LogP contribution is -2.33. The fraction of sp³-hybridized carbons (Fsp3) is 0.143. The normalized spacial score (nSPS) is 15.9. The van der Waals surface area contributed by atoms with Gasteiger partial charge >= 0.3 is 11.8 Å². The number of rotatable bonds is 2. The van der Waals surface area contributed by atoms with Gasteiger partial charge in [-0.05, 0) is 33.9 Å². The molecule has 1 N–H and O–H groups in total. The monoisotopic (exact) mass is 289 g/mol. The van der Waals surface area contributed by atoms with Gasteiger partial charge in [0, 0.05) is 24.6 Å². The van der Waals surface area contributed by atoms with Gasteiger partial charge in [0.2, 0.25) is 5.91 Å². The van der Waals surface area contributed by atoms with Crippen molar-refractivity contribution in [1.29, 1.82) is 0 Å². The first-order valence-corrected chi connectivity index (χ1v) is 6.22. The summed E-state index contributed by atoms with van der Waals surface area (Å²) in [6, 6.07) is 6.65. The Balaban J connectivity index is 2.03. The minimum absolute atomic E-state index is 0.242. The predicted molar refractivity (Wildman–Crippen MR) is 68.6 cm³/mol. The summed E-state index contributed by atoms with van der Waals surface area (Å²) in [5.74, 6) is -1.53. The van der Waals surface area contributed by atoms with Crippen LogP contribution in [-0.4, -0.2) is 12.2 Å². The molecule has 3 rings (SSSR count). The SMILES string of the molecule is CC(=O)NC1N=c2ccc(-c3cc(F)cc(F)c3)c[n+]2=N1. The summed E-state index contributed by atoms with van der Waals surface area (Å²) >= 11 is 0. The lowest BCUT2D eigenvalue weighted by atomic mass is 10.1. The van der Waals surface area contributed by atoms with Gasteiger partial charge in [0.05, 0.1) is 0 Å². The Morgan fingerprint density at radius 2 is 1.90 bits per heavy atom. The van der Waals surface area contributed by atoms with Crippen molar-refractivity contribution in [3.05, 3.63) is 53.7 Å². The number of carbonyl (C=O) groups is 1. The summed E-state index contributed by atoms with van der Waals surface area (Å²) in [5, 5.41) is 6.71. The number of nitrogens with zero attached hydrogens (tertiary/aromatic N) is 3. The van der Waals surface area contributed by atoms with Crippen molar-refractivity contribution in [1.82, 2.24) is 5.32 Å². The third-order valence-corrected chi connectivity index (χ3v) is 2.92. The van der Waals surface area contributed by atoms with E-state index < -0.39 is 17.9 Å². The van der Waals surface area contributed by atoms with Crippen LogP contribution in [0, 0.1) is 11.6 Å². The van der Waals surface area contributed by atoms with Crippen LogP contribution in [0.2, 0.25) is 0 Å². The van der Waals surface area contributed by atoms with E-state index in [4.69, 9.17) is 0 Å². The summed E-state index contributed by atoms with van der Waals surface area (Å²) in [5.41, 5.74) is 1.55. The maximum Gasteiger partial charge on any atom is 0.347 e. The molecule has 1 amide bonds. The molecule has 5 nitrogen and oxygen atoms in total. The average Bonchev–Trinajstić information content (AvgIpc) is 2.77. The van der Waals surface area contributed by atoms with Gasteiger partial charge in [-0.1, -0.05) is 4.36 Å². The summed E-state index contributed by atoms with van der Waals surface area (Å²) < 4.78 is 28.0.